The Hall–Kier alpha value is -2.13. The zero-order valence-electron chi connectivity index (χ0n) is 19.0. The summed E-state index contributed by atoms with van der Waals surface area (Å²) < 4.78 is 43.0. The molecule has 9 heteroatoms. The first-order valence-electron chi connectivity index (χ1n) is 11.6. The second kappa shape index (κ2) is 6.30. The second-order valence-electron chi connectivity index (χ2n) is 11.2. The maximum Gasteiger partial charge on any atom is 0.306 e. The summed E-state index contributed by atoms with van der Waals surface area (Å²) in [5.41, 5.74) is 0.637. The number of aliphatic hydroxyl groups is 1. The van der Waals surface area contributed by atoms with Gasteiger partial charge in [0.25, 0.3) is 0 Å². The molecular formula is C24H29FN2O5S. The number of H-pyrrole nitrogens is 1. The van der Waals surface area contributed by atoms with Crippen molar-refractivity contribution in [2.24, 2.45) is 10.8 Å². The van der Waals surface area contributed by atoms with Gasteiger partial charge in [-0.3, -0.25) is 4.79 Å². The number of hydrogen-bond acceptors (Lipinski definition) is 5. The van der Waals surface area contributed by atoms with Gasteiger partial charge in [0.1, 0.15) is 0 Å². The van der Waals surface area contributed by atoms with Gasteiger partial charge in [-0.05, 0) is 61.1 Å². The number of likely N-dealkylation sites (tertiary alicyclic amines) is 1. The van der Waals surface area contributed by atoms with E-state index in [0.717, 1.165) is 38.0 Å². The molecule has 1 aromatic heterocycles. The molecule has 1 saturated heterocycles. The zero-order valence-corrected chi connectivity index (χ0v) is 19.8. The maximum absolute atomic E-state index is 14.5. The fraction of sp³-hybridized carbons (Fsp3) is 0.625. The smallest absolute Gasteiger partial charge is 0.306 e. The Labute approximate surface area is 192 Å². The number of piperidine rings is 1. The van der Waals surface area contributed by atoms with Crippen molar-refractivity contribution >= 4 is 26.9 Å². The molecule has 4 aliphatic carbocycles. The first-order valence-corrected chi connectivity index (χ1v) is 13.4. The van der Waals surface area contributed by atoms with Crippen LogP contribution in [0, 0.1) is 16.6 Å². The van der Waals surface area contributed by atoms with Crippen molar-refractivity contribution in [3.63, 3.8) is 0 Å². The average Bonchev–Trinajstić information content (AvgIpc) is 3.18. The molecule has 6 unspecified atom stereocenters. The normalized spacial score (nSPS) is 37.3. The molecule has 5 fully saturated rings. The lowest BCUT2D eigenvalue weighted by molar-refractivity contribution is -0.286. The molecule has 7 rings (SSSR count). The first kappa shape index (κ1) is 21.4. The van der Waals surface area contributed by atoms with E-state index < -0.39 is 21.5 Å². The molecule has 1 spiro atoms. The summed E-state index contributed by atoms with van der Waals surface area (Å²) in [6.45, 7) is 4.09. The first-order chi connectivity index (χ1) is 15.4. The van der Waals surface area contributed by atoms with E-state index in [4.69, 9.17) is 4.18 Å². The molecule has 178 valence electrons. The highest BCUT2D eigenvalue weighted by atomic mass is 32.2. The van der Waals surface area contributed by atoms with E-state index in [-0.39, 0.29) is 46.9 Å². The van der Waals surface area contributed by atoms with Crippen LogP contribution in [0.2, 0.25) is 0 Å². The molecule has 1 aliphatic heterocycles. The summed E-state index contributed by atoms with van der Waals surface area (Å²) in [4.78, 5) is 18.6. The van der Waals surface area contributed by atoms with E-state index in [1.54, 1.807) is 6.20 Å². The van der Waals surface area contributed by atoms with Crippen LogP contribution in [0.25, 0.3) is 10.9 Å². The molecule has 1 aromatic carbocycles. The molecule has 4 bridgehead atoms. The molecule has 4 saturated carbocycles. The van der Waals surface area contributed by atoms with Gasteiger partial charge in [0.2, 0.25) is 5.91 Å². The molecule has 2 N–H and O–H groups in total. The summed E-state index contributed by atoms with van der Waals surface area (Å²) >= 11 is 0. The third kappa shape index (κ3) is 2.69. The average molecular weight is 477 g/mol. The van der Waals surface area contributed by atoms with Gasteiger partial charge in [-0.15, -0.1) is 0 Å². The molecule has 6 atom stereocenters. The molecule has 5 aliphatic rings. The summed E-state index contributed by atoms with van der Waals surface area (Å²) in [7, 11) is -3.93. The maximum atomic E-state index is 14.5. The van der Waals surface area contributed by atoms with E-state index >= 15 is 0 Å². The Balaban J connectivity index is 1.29. The van der Waals surface area contributed by atoms with Gasteiger partial charge in [-0.2, -0.15) is 8.42 Å². The number of aromatic nitrogens is 1. The van der Waals surface area contributed by atoms with Crippen LogP contribution in [0.3, 0.4) is 0 Å². The number of aromatic amines is 1. The summed E-state index contributed by atoms with van der Waals surface area (Å²) in [5.74, 6) is -1.34. The van der Waals surface area contributed by atoms with Crippen molar-refractivity contribution in [3.05, 3.63) is 29.7 Å². The number of rotatable bonds is 5. The van der Waals surface area contributed by atoms with Crippen molar-refractivity contribution in [3.8, 4) is 5.75 Å². The van der Waals surface area contributed by atoms with E-state index in [2.05, 4.69) is 11.9 Å². The third-order valence-electron chi connectivity index (χ3n) is 9.40. The van der Waals surface area contributed by atoms with Gasteiger partial charge in [0.05, 0.1) is 11.9 Å². The summed E-state index contributed by atoms with van der Waals surface area (Å²) in [6, 6.07) is 2.93. The van der Waals surface area contributed by atoms with Crippen LogP contribution in [-0.4, -0.2) is 53.3 Å². The Morgan fingerprint density at radius 1 is 1.30 bits per heavy atom. The van der Waals surface area contributed by atoms with Gasteiger partial charge in [-0.1, -0.05) is 13.8 Å². The van der Waals surface area contributed by atoms with Crippen LogP contribution in [0.15, 0.2) is 18.3 Å². The predicted octanol–water partition coefficient (Wildman–Crippen LogP) is 3.43. The lowest BCUT2D eigenvalue weighted by Gasteiger charge is -2.71. The Morgan fingerprint density at radius 2 is 2.00 bits per heavy atom. The molecule has 0 radical (unpaired) electrons. The number of carbonyl (C=O) groups excluding carboxylic acids is 1. The number of nitrogens with zero attached hydrogens (tertiary/aromatic N) is 1. The number of hydrogen-bond donors (Lipinski definition) is 2. The van der Waals surface area contributed by atoms with Gasteiger partial charge in [-0.25, -0.2) is 4.39 Å². The number of amides is 1. The van der Waals surface area contributed by atoms with Crippen molar-refractivity contribution < 1.29 is 26.9 Å². The fourth-order valence-electron chi connectivity index (χ4n) is 8.02. The highest BCUT2D eigenvalue weighted by Crippen LogP contribution is 2.80. The highest BCUT2D eigenvalue weighted by Gasteiger charge is 2.80. The van der Waals surface area contributed by atoms with Gasteiger partial charge in [0, 0.05) is 41.0 Å². The molecule has 2 aromatic rings. The standard InChI is InChI=1S/C24H29FN2O5S/c1-13(16-11-26-18-5-4-17(25)21(20(16)18)32-33(3,30)31)6-19(28)27-14-7-22(2)23(8-14)9-15(27)10-24(22,29)12-23/h4-5,11,13-15,26,29H,6-10,12H2,1-3H3. The number of nitrogens with one attached hydrogen (secondary N) is 1. The number of benzene rings is 1. The molecule has 2 heterocycles. The van der Waals surface area contributed by atoms with Gasteiger partial charge < -0.3 is 19.2 Å². The zero-order chi connectivity index (χ0) is 23.6. The number of carbonyl (C=O) groups is 1. The van der Waals surface area contributed by atoms with Crippen LogP contribution in [0.5, 0.6) is 5.75 Å². The number of halogens is 1. The monoisotopic (exact) mass is 476 g/mol. The topological polar surface area (TPSA) is 99.7 Å². The molecule has 33 heavy (non-hydrogen) atoms. The highest BCUT2D eigenvalue weighted by molar-refractivity contribution is 7.86. The van der Waals surface area contributed by atoms with E-state index in [1.807, 2.05) is 11.8 Å². The van der Waals surface area contributed by atoms with E-state index in [0.29, 0.717) is 22.9 Å². The fourth-order valence-corrected chi connectivity index (χ4v) is 8.48. The van der Waals surface area contributed by atoms with Crippen molar-refractivity contribution in [1.29, 1.82) is 0 Å². The lowest BCUT2D eigenvalue weighted by Crippen LogP contribution is -2.73. The summed E-state index contributed by atoms with van der Waals surface area (Å²) in [5, 5.41) is 11.6. The Morgan fingerprint density at radius 3 is 2.70 bits per heavy atom. The van der Waals surface area contributed by atoms with Gasteiger partial charge >= 0.3 is 10.1 Å². The van der Waals surface area contributed by atoms with Crippen molar-refractivity contribution in [1.82, 2.24) is 9.88 Å². The quantitative estimate of drug-likeness (QED) is 0.644. The minimum atomic E-state index is -3.93. The van der Waals surface area contributed by atoms with Crippen LogP contribution in [0.1, 0.15) is 63.9 Å². The van der Waals surface area contributed by atoms with Crippen LogP contribution >= 0.6 is 0 Å². The number of fused-ring (bicyclic) bond motifs is 2. The lowest BCUT2D eigenvalue weighted by atomic mass is 9.37. The Kier molecular flexibility index (Phi) is 4.09. The van der Waals surface area contributed by atoms with Crippen molar-refractivity contribution in [2.75, 3.05) is 6.26 Å². The largest absolute Gasteiger partial charge is 0.389 e. The van der Waals surface area contributed by atoms with Gasteiger partial charge in [0.15, 0.2) is 11.6 Å². The SMILES string of the molecule is CC(CC(=O)N1C2CC3(O)CC4(C2)CC1CC34C)c1c[nH]c2ccc(F)c(OS(C)(=O)=O)c12. The van der Waals surface area contributed by atoms with E-state index in [9.17, 15) is 22.7 Å². The van der Waals surface area contributed by atoms with Crippen LogP contribution < -0.4 is 4.18 Å². The van der Waals surface area contributed by atoms with Crippen LogP contribution in [0.4, 0.5) is 4.39 Å². The Bertz CT molecular complexity index is 1300. The summed E-state index contributed by atoms with van der Waals surface area (Å²) in [6.07, 6.45) is 7.09. The van der Waals surface area contributed by atoms with Crippen LogP contribution in [-0.2, 0) is 14.9 Å². The third-order valence-corrected chi connectivity index (χ3v) is 9.87. The minimum Gasteiger partial charge on any atom is -0.389 e. The minimum absolute atomic E-state index is 0.0397. The molecular weight excluding hydrogens is 447 g/mol. The van der Waals surface area contributed by atoms with E-state index in [1.165, 1.54) is 6.07 Å². The second-order valence-corrected chi connectivity index (χ2v) is 12.8. The van der Waals surface area contributed by atoms with Crippen molar-refractivity contribution in [2.45, 2.75) is 76.0 Å². The molecule has 1 amide bonds. The predicted molar refractivity (Wildman–Crippen MR) is 120 cm³/mol. The molecule has 7 nitrogen and oxygen atoms in total.